The van der Waals surface area contributed by atoms with Crippen LogP contribution in [0.2, 0.25) is 0 Å². The Hall–Kier alpha value is -1.60. The van der Waals surface area contributed by atoms with Gasteiger partial charge in [-0.15, -0.1) is 0 Å². The van der Waals surface area contributed by atoms with Gasteiger partial charge in [0.2, 0.25) is 5.91 Å². The van der Waals surface area contributed by atoms with Crippen molar-refractivity contribution in [3.63, 3.8) is 0 Å². The van der Waals surface area contributed by atoms with Gasteiger partial charge in [0.1, 0.15) is 5.65 Å². The summed E-state index contributed by atoms with van der Waals surface area (Å²) in [6, 6.07) is 0.181. The van der Waals surface area contributed by atoms with Crippen molar-refractivity contribution in [1.82, 2.24) is 9.97 Å². The average molecular weight is 392 g/mol. The number of hydrogen-bond donors (Lipinski definition) is 3. The Morgan fingerprint density at radius 1 is 1.46 bits per heavy atom. The molecule has 1 aliphatic heterocycles. The molecule has 24 heavy (non-hydrogen) atoms. The summed E-state index contributed by atoms with van der Waals surface area (Å²) in [5.41, 5.74) is 8.82. The number of pyridine rings is 1. The van der Waals surface area contributed by atoms with Crippen molar-refractivity contribution in [2.45, 2.75) is 38.1 Å². The Balaban J connectivity index is 1.69. The Labute approximate surface area is 149 Å². The van der Waals surface area contributed by atoms with Gasteiger partial charge >= 0.3 is 0 Å². The number of nitrogens with one attached hydrogen (secondary N) is 2. The minimum atomic E-state index is 0.0830. The number of nitrogens with two attached hydrogens (primary N) is 1. The second-order valence-corrected chi connectivity index (χ2v) is 7.78. The number of rotatable bonds is 4. The molecule has 2 fully saturated rings. The molecular weight excluding hydrogens is 370 g/mol. The number of aromatic amines is 1. The summed E-state index contributed by atoms with van der Waals surface area (Å²) >= 11 is 3.64. The number of hydrogen-bond acceptors (Lipinski definition) is 4. The third kappa shape index (κ3) is 3.15. The molecule has 2 aromatic rings. The maximum absolute atomic E-state index is 12.2. The van der Waals surface area contributed by atoms with Gasteiger partial charge in [0.05, 0.1) is 21.2 Å². The lowest BCUT2D eigenvalue weighted by molar-refractivity contribution is -0.116. The minimum absolute atomic E-state index is 0.0830. The molecule has 1 saturated heterocycles. The van der Waals surface area contributed by atoms with Crippen LogP contribution < -0.4 is 16.0 Å². The molecule has 2 aromatic heterocycles. The quantitative estimate of drug-likeness (QED) is 0.747. The molecule has 128 valence electrons. The Morgan fingerprint density at radius 2 is 2.29 bits per heavy atom. The molecule has 0 radical (unpaired) electrons. The topological polar surface area (TPSA) is 87.0 Å². The van der Waals surface area contributed by atoms with Crippen molar-refractivity contribution in [2.24, 2.45) is 11.7 Å². The van der Waals surface area contributed by atoms with E-state index in [1.54, 1.807) is 0 Å². The molecule has 7 heteroatoms. The van der Waals surface area contributed by atoms with Gasteiger partial charge in [-0.1, -0.05) is 0 Å². The van der Waals surface area contributed by atoms with Crippen LogP contribution in [0.4, 0.5) is 11.4 Å². The number of halogens is 1. The molecular formula is C17H22BrN5O. The highest BCUT2D eigenvalue weighted by atomic mass is 79.9. The maximum Gasteiger partial charge on any atom is 0.224 e. The lowest BCUT2D eigenvalue weighted by atomic mass is 10.1. The lowest BCUT2D eigenvalue weighted by Crippen LogP contribution is -2.43. The summed E-state index contributed by atoms with van der Waals surface area (Å²) in [6.07, 6.45) is 8.73. The van der Waals surface area contributed by atoms with E-state index in [9.17, 15) is 4.79 Å². The van der Waals surface area contributed by atoms with Crippen molar-refractivity contribution >= 4 is 44.2 Å². The molecule has 4 rings (SSSR count). The molecule has 6 nitrogen and oxygen atoms in total. The van der Waals surface area contributed by atoms with Gasteiger partial charge in [0.15, 0.2) is 0 Å². The zero-order chi connectivity index (χ0) is 16.7. The third-order valence-electron chi connectivity index (χ3n) is 4.85. The van der Waals surface area contributed by atoms with Crippen LogP contribution >= 0.6 is 15.9 Å². The van der Waals surface area contributed by atoms with Crippen LogP contribution in [0.5, 0.6) is 0 Å². The number of piperidine rings is 1. The first-order chi connectivity index (χ1) is 11.6. The van der Waals surface area contributed by atoms with Crippen LogP contribution in [0.25, 0.3) is 11.0 Å². The number of aromatic nitrogens is 2. The molecule has 1 atom stereocenters. The third-order valence-corrected chi connectivity index (χ3v) is 5.43. The van der Waals surface area contributed by atoms with Crippen molar-refractivity contribution < 1.29 is 4.79 Å². The number of carbonyl (C=O) groups is 1. The molecule has 4 N–H and O–H groups in total. The van der Waals surface area contributed by atoms with E-state index < -0.39 is 0 Å². The highest BCUT2D eigenvalue weighted by Gasteiger charge is 2.26. The number of nitrogens with zero attached hydrogens (tertiary/aromatic N) is 2. The Morgan fingerprint density at radius 3 is 3.04 bits per heavy atom. The summed E-state index contributed by atoms with van der Waals surface area (Å²) < 4.78 is 0.932. The van der Waals surface area contributed by atoms with Crippen LogP contribution in [0.15, 0.2) is 16.9 Å². The highest BCUT2D eigenvalue weighted by molar-refractivity contribution is 9.10. The summed E-state index contributed by atoms with van der Waals surface area (Å²) in [4.78, 5) is 22.2. The van der Waals surface area contributed by atoms with Gasteiger partial charge in [-0.25, -0.2) is 4.98 Å². The molecule has 3 heterocycles. The van der Waals surface area contributed by atoms with Gasteiger partial charge < -0.3 is 20.9 Å². The van der Waals surface area contributed by atoms with Gasteiger partial charge in [-0.2, -0.15) is 0 Å². The number of amides is 1. The fraction of sp³-hybridized carbons (Fsp3) is 0.529. The molecule has 0 aromatic carbocycles. The highest BCUT2D eigenvalue weighted by Crippen LogP contribution is 2.39. The average Bonchev–Trinajstić information content (AvgIpc) is 3.27. The largest absolute Gasteiger partial charge is 0.368 e. The van der Waals surface area contributed by atoms with Crippen molar-refractivity contribution in [2.75, 3.05) is 23.3 Å². The van der Waals surface area contributed by atoms with Gasteiger partial charge in [0.25, 0.3) is 0 Å². The summed E-state index contributed by atoms with van der Waals surface area (Å²) in [6.45, 7) is 1.78. The van der Waals surface area contributed by atoms with E-state index in [2.05, 4.69) is 36.1 Å². The number of H-pyrrole nitrogens is 1. The number of carbonyl (C=O) groups excluding carboxylic acids is 1. The van der Waals surface area contributed by atoms with Crippen LogP contribution in [-0.4, -0.2) is 35.0 Å². The summed E-state index contributed by atoms with van der Waals surface area (Å²) in [7, 11) is 0. The summed E-state index contributed by atoms with van der Waals surface area (Å²) in [5, 5.41) is 4.03. The fourth-order valence-electron chi connectivity index (χ4n) is 3.46. The first-order valence-electron chi connectivity index (χ1n) is 8.58. The van der Waals surface area contributed by atoms with Crippen LogP contribution in [0.1, 0.15) is 32.1 Å². The van der Waals surface area contributed by atoms with Gasteiger partial charge in [-0.3, -0.25) is 4.79 Å². The zero-order valence-corrected chi connectivity index (χ0v) is 15.1. The molecule has 0 bridgehead atoms. The van der Waals surface area contributed by atoms with Crippen molar-refractivity contribution in [3.8, 4) is 0 Å². The predicted octanol–water partition coefficient (Wildman–Crippen LogP) is 2.99. The molecule has 1 saturated carbocycles. The minimum Gasteiger partial charge on any atom is -0.368 e. The van der Waals surface area contributed by atoms with Crippen LogP contribution in [-0.2, 0) is 4.79 Å². The smallest absolute Gasteiger partial charge is 0.224 e. The molecule has 0 spiro atoms. The van der Waals surface area contributed by atoms with E-state index in [4.69, 9.17) is 5.73 Å². The summed E-state index contributed by atoms with van der Waals surface area (Å²) in [5.74, 6) is 0.652. The normalized spacial score (nSPS) is 21.2. The fourth-order valence-corrected chi connectivity index (χ4v) is 4.01. The van der Waals surface area contributed by atoms with E-state index >= 15 is 0 Å². The van der Waals surface area contributed by atoms with E-state index in [1.165, 1.54) is 12.8 Å². The maximum atomic E-state index is 12.2. The Kier molecular flexibility index (Phi) is 4.22. The zero-order valence-electron chi connectivity index (χ0n) is 13.5. The Bertz CT molecular complexity index is 770. The first kappa shape index (κ1) is 15.9. The molecule has 1 unspecified atom stereocenters. The SMILES string of the molecule is NC1CCCN(c2c(Br)cnc3[nH]cc(NC(=O)CC4CC4)c23)C1. The van der Waals surface area contributed by atoms with E-state index in [0.29, 0.717) is 12.3 Å². The predicted molar refractivity (Wildman–Crippen MR) is 99.2 cm³/mol. The van der Waals surface area contributed by atoms with Crippen LogP contribution in [0.3, 0.4) is 0 Å². The van der Waals surface area contributed by atoms with Gasteiger partial charge in [0, 0.05) is 37.9 Å². The molecule has 1 aliphatic carbocycles. The second kappa shape index (κ2) is 6.37. The van der Waals surface area contributed by atoms with E-state index in [-0.39, 0.29) is 11.9 Å². The van der Waals surface area contributed by atoms with Crippen molar-refractivity contribution in [1.29, 1.82) is 0 Å². The van der Waals surface area contributed by atoms with E-state index in [0.717, 1.165) is 52.8 Å². The standard InChI is InChI=1S/C17H22BrN5O/c18-12-7-20-17-15(16(12)23-5-1-2-11(19)9-23)13(8-21-17)22-14(24)6-10-3-4-10/h7-8,10-11H,1-6,9,19H2,(H,20,21)(H,22,24). The first-order valence-corrected chi connectivity index (χ1v) is 9.37. The number of fused-ring (bicyclic) bond motifs is 1. The van der Waals surface area contributed by atoms with E-state index in [1.807, 2.05) is 12.4 Å². The monoisotopic (exact) mass is 391 g/mol. The van der Waals surface area contributed by atoms with Crippen molar-refractivity contribution in [3.05, 3.63) is 16.9 Å². The number of anilines is 2. The molecule has 1 amide bonds. The molecule has 2 aliphatic rings. The lowest BCUT2D eigenvalue weighted by Gasteiger charge is -2.33. The second-order valence-electron chi connectivity index (χ2n) is 6.92. The van der Waals surface area contributed by atoms with Crippen LogP contribution in [0, 0.1) is 5.92 Å². The van der Waals surface area contributed by atoms with Gasteiger partial charge in [-0.05, 0) is 47.5 Å².